The molecule has 0 spiro atoms. The number of rotatable bonds is 4. The minimum absolute atomic E-state index is 0.145. The van der Waals surface area contributed by atoms with E-state index in [0.717, 1.165) is 60.4 Å². The van der Waals surface area contributed by atoms with E-state index >= 15 is 0 Å². The average molecular weight is 372 g/mol. The van der Waals surface area contributed by atoms with Gasteiger partial charge in [-0.1, -0.05) is 37.6 Å². The summed E-state index contributed by atoms with van der Waals surface area (Å²) in [4.78, 5) is 2.44. The van der Waals surface area contributed by atoms with E-state index in [0.29, 0.717) is 6.61 Å². The van der Waals surface area contributed by atoms with Crippen LogP contribution in [0, 0.1) is 0 Å². The molecule has 0 atom stereocenters. The Morgan fingerprint density at radius 1 is 1.12 bits per heavy atom. The number of benzene rings is 2. The number of piperazine rings is 1. The van der Waals surface area contributed by atoms with E-state index in [1.807, 2.05) is 12.1 Å². The van der Waals surface area contributed by atoms with Gasteiger partial charge in [-0.2, -0.15) is 0 Å². The Morgan fingerprint density at radius 2 is 1.92 bits per heavy atom. The Kier molecular flexibility index (Phi) is 4.82. The highest BCUT2D eigenvalue weighted by Crippen LogP contribution is 2.48. The number of nitrogens with one attached hydrogen (secondary N) is 2. The summed E-state index contributed by atoms with van der Waals surface area (Å²) in [6.07, 6.45) is 0. The zero-order chi connectivity index (χ0) is 18.1. The Morgan fingerprint density at radius 3 is 2.73 bits per heavy atom. The van der Waals surface area contributed by atoms with Crippen LogP contribution in [0.3, 0.4) is 0 Å². The molecule has 4 nitrogen and oxygen atoms in total. The van der Waals surface area contributed by atoms with Gasteiger partial charge in [0.05, 0.1) is 0 Å². The SMILES string of the molecule is CC1(C)c2ccc(OCCN3CCNCC3)cc2Nc2cccc(Cl)c21. The summed E-state index contributed by atoms with van der Waals surface area (Å²) in [7, 11) is 0. The highest BCUT2D eigenvalue weighted by Gasteiger charge is 2.34. The van der Waals surface area contributed by atoms with E-state index in [1.54, 1.807) is 0 Å². The lowest BCUT2D eigenvalue weighted by Gasteiger charge is -2.36. The van der Waals surface area contributed by atoms with Crippen LogP contribution in [0.25, 0.3) is 0 Å². The second-order valence-electron chi connectivity index (χ2n) is 7.56. The quantitative estimate of drug-likeness (QED) is 0.851. The average Bonchev–Trinajstić information content (AvgIpc) is 2.62. The summed E-state index contributed by atoms with van der Waals surface area (Å²) in [5, 5.41) is 7.72. The maximum atomic E-state index is 6.49. The summed E-state index contributed by atoms with van der Waals surface area (Å²) < 4.78 is 6.03. The normalized spacial score (nSPS) is 18.6. The molecule has 2 aliphatic rings. The highest BCUT2D eigenvalue weighted by molar-refractivity contribution is 6.32. The molecule has 0 unspecified atom stereocenters. The van der Waals surface area contributed by atoms with Crippen LogP contribution >= 0.6 is 11.6 Å². The maximum absolute atomic E-state index is 6.49. The van der Waals surface area contributed by atoms with E-state index in [4.69, 9.17) is 16.3 Å². The topological polar surface area (TPSA) is 36.5 Å². The monoisotopic (exact) mass is 371 g/mol. The van der Waals surface area contributed by atoms with Crippen LogP contribution in [0.2, 0.25) is 5.02 Å². The van der Waals surface area contributed by atoms with Gasteiger partial charge in [0.1, 0.15) is 12.4 Å². The number of fused-ring (bicyclic) bond motifs is 2. The number of hydrogen-bond donors (Lipinski definition) is 2. The Labute approximate surface area is 160 Å². The molecular weight excluding hydrogens is 346 g/mol. The lowest BCUT2D eigenvalue weighted by Crippen LogP contribution is -2.44. The Hall–Kier alpha value is -1.75. The third kappa shape index (κ3) is 3.29. The molecule has 0 aliphatic carbocycles. The Bertz CT molecular complexity index is 800. The van der Waals surface area contributed by atoms with Crippen molar-refractivity contribution in [3.8, 4) is 5.75 Å². The van der Waals surface area contributed by atoms with Crippen molar-refractivity contribution in [1.29, 1.82) is 0 Å². The van der Waals surface area contributed by atoms with Crippen molar-refractivity contribution in [2.45, 2.75) is 19.3 Å². The first-order valence-electron chi connectivity index (χ1n) is 9.32. The van der Waals surface area contributed by atoms with Crippen molar-refractivity contribution in [3.63, 3.8) is 0 Å². The minimum atomic E-state index is -0.145. The molecule has 26 heavy (non-hydrogen) atoms. The van der Waals surface area contributed by atoms with Gasteiger partial charge in [0.25, 0.3) is 0 Å². The molecule has 2 aromatic rings. The van der Waals surface area contributed by atoms with E-state index in [9.17, 15) is 0 Å². The summed E-state index contributed by atoms with van der Waals surface area (Å²) in [5.74, 6) is 0.910. The number of hydrogen-bond acceptors (Lipinski definition) is 4. The van der Waals surface area contributed by atoms with Crippen LogP contribution in [0.4, 0.5) is 11.4 Å². The van der Waals surface area contributed by atoms with Gasteiger partial charge in [-0.25, -0.2) is 0 Å². The molecule has 4 rings (SSSR count). The van der Waals surface area contributed by atoms with Gasteiger partial charge in [-0.05, 0) is 23.8 Å². The Balaban J connectivity index is 1.50. The molecule has 138 valence electrons. The summed E-state index contributed by atoms with van der Waals surface area (Å²) in [6.45, 7) is 10.5. The van der Waals surface area contributed by atoms with Crippen LogP contribution < -0.4 is 15.4 Å². The van der Waals surface area contributed by atoms with Gasteiger partial charge in [-0.15, -0.1) is 0 Å². The number of ether oxygens (including phenoxy) is 1. The highest BCUT2D eigenvalue weighted by atomic mass is 35.5. The molecule has 0 bridgehead atoms. The molecule has 0 saturated carbocycles. The predicted molar refractivity (Wildman–Crippen MR) is 108 cm³/mol. The lowest BCUT2D eigenvalue weighted by molar-refractivity contribution is 0.191. The van der Waals surface area contributed by atoms with Crippen molar-refractivity contribution in [2.75, 3.05) is 44.6 Å². The lowest BCUT2D eigenvalue weighted by atomic mass is 9.74. The van der Waals surface area contributed by atoms with Crippen LogP contribution in [0.15, 0.2) is 36.4 Å². The zero-order valence-corrected chi connectivity index (χ0v) is 16.2. The molecule has 5 heteroatoms. The molecule has 0 amide bonds. The van der Waals surface area contributed by atoms with Crippen molar-refractivity contribution in [1.82, 2.24) is 10.2 Å². The molecule has 0 aromatic heterocycles. The minimum Gasteiger partial charge on any atom is -0.492 e. The van der Waals surface area contributed by atoms with Gasteiger partial charge in [0.2, 0.25) is 0 Å². The largest absolute Gasteiger partial charge is 0.492 e. The fourth-order valence-electron chi connectivity index (χ4n) is 4.03. The van der Waals surface area contributed by atoms with Crippen molar-refractivity contribution in [3.05, 3.63) is 52.5 Å². The van der Waals surface area contributed by atoms with Gasteiger partial charge >= 0.3 is 0 Å². The number of nitrogens with zero attached hydrogens (tertiary/aromatic N) is 1. The van der Waals surface area contributed by atoms with Gasteiger partial charge < -0.3 is 15.4 Å². The van der Waals surface area contributed by atoms with Gasteiger partial charge in [-0.3, -0.25) is 4.90 Å². The molecule has 1 saturated heterocycles. The fraction of sp³-hybridized carbons (Fsp3) is 0.429. The van der Waals surface area contributed by atoms with E-state index < -0.39 is 0 Å². The smallest absolute Gasteiger partial charge is 0.121 e. The van der Waals surface area contributed by atoms with Crippen molar-refractivity contribution < 1.29 is 4.74 Å². The van der Waals surface area contributed by atoms with E-state index in [-0.39, 0.29) is 5.41 Å². The maximum Gasteiger partial charge on any atom is 0.121 e. The molecule has 2 aliphatic heterocycles. The summed E-state index contributed by atoms with van der Waals surface area (Å²) in [6, 6.07) is 12.4. The molecule has 2 heterocycles. The zero-order valence-electron chi connectivity index (χ0n) is 15.4. The number of anilines is 2. The molecule has 0 radical (unpaired) electrons. The second-order valence-corrected chi connectivity index (χ2v) is 7.97. The molecule has 1 fully saturated rings. The third-order valence-corrected chi connectivity index (χ3v) is 5.77. The first-order chi connectivity index (χ1) is 12.6. The van der Waals surface area contributed by atoms with Crippen molar-refractivity contribution >= 4 is 23.0 Å². The fourth-order valence-corrected chi connectivity index (χ4v) is 4.44. The van der Waals surface area contributed by atoms with Crippen molar-refractivity contribution in [2.24, 2.45) is 0 Å². The molecule has 2 N–H and O–H groups in total. The number of halogens is 1. The second kappa shape index (κ2) is 7.10. The van der Waals surface area contributed by atoms with E-state index in [2.05, 4.69) is 53.6 Å². The third-order valence-electron chi connectivity index (χ3n) is 5.46. The summed E-state index contributed by atoms with van der Waals surface area (Å²) >= 11 is 6.49. The first kappa shape index (κ1) is 17.7. The molecular formula is C21H26ClN3O. The van der Waals surface area contributed by atoms with E-state index in [1.165, 1.54) is 5.56 Å². The van der Waals surface area contributed by atoms with Gasteiger partial charge in [0, 0.05) is 66.2 Å². The summed E-state index contributed by atoms with van der Waals surface area (Å²) in [5.41, 5.74) is 4.43. The van der Waals surface area contributed by atoms with Gasteiger partial charge in [0.15, 0.2) is 0 Å². The first-order valence-corrected chi connectivity index (χ1v) is 9.70. The standard InChI is InChI=1S/C21H26ClN3O/c1-21(2)16-7-6-15(26-13-12-25-10-8-23-9-11-25)14-19(16)24-18-5-3-4-17(22)20(18)21/h3-7,14,23-24H,8-13H2,1-2H3. The van der Waals surface area contributed by atoms with Crippen LogP contribution in [0.5, 0.6) is 5.75 Å². The predicted octanol–water partition coefficient (Wildman–Crippen LogP) is 4.01. The molecule has 2 aromatic carbocycles. The van der Waals surface area contributed by atoms with Crippen LogP contribution in [-0.2, 0) is 5.41 Å². The van der Waals surface area contributed by atoms with Crippen LogP contribution in [-0.4, -0.2) is 44.2 Å². The van der Waals surface area contributed by atoms with Crippen LogP contribution in [0.1, 0.15) is 25.0 Å².